The number of H-pyrrole nitrogens is 1. The van der Waals surface area contributed by atoms with Gasteiger partial charge in [-0.25, -0.2) is 9.97 Å². The number of aromatic amines is 1. The molecule has 0 spiro atoms. The van der Waals surface area contributed by atoms with Crippen LogP contribution >= 0.6 is 0 Å². The van der Waals surface area contributed by atoms with Gasteiger partial charge in [-0.3, -0.25) is 9.78 Å². The van der Waals surface area contributed by atoms with Gasteiger partial charge in [-0.2, -0.15) is 5.10 Å². The van der Waals surface area contributed by atoms with Gasteiger partial charge < -0.3 is 19.9 Å². The molecule has 0 aliphatic carbocycles. The van der Waals surface area contributed by atoms with Crippen LogP contribution in [0.2, 0.25) is 0 Å². The lowest BCUT2D eigenvalue weighted by Crippen LogP contribution is -2.36. The van der Waals surface area contributed by atoms with Crippen molar-refractivity contribution in [1.29, 1.82) is 0 Å². The number of aryl methyl sites for hydroxylation is 1. The van der Waals surface area contributed by atoms with E-state index in [1.807, 2.05) is 19.1 Å². The van der Waals surface area contributed by atoms with Crippen LogP contribution in [0.25, 0.3) is 22.4 Å². The van der Waals surface area contributed by atoms with Gasteiger partial charge in [0.1, 0.15) is 17.8 Å². The molecule has 4 aromatic heterocycles. The minimum Gasteiger partial charge on any atom is -0.378 e. The minimum absolute atomic E-state index is 0.258. The largest absolute Gasteiger partial charge is 0.378 e. The maximum absolute atomic E-state index is 12.4. The number of aromatic nitrogens is 6. The summed E-state index contributed by atoms with van der Waals surface area (Å²) in [6.45, 7) is 4.82. The van der Waals surface area contributed by atoms with Crippen LogP contribution in [0, 0.1) is 6.92 Å². The van der Waals surface area contributed by atoms with Crippen LogP contribution in [0.4, 0.5) is 11.5 Å². The molecule has 0 bridgehead atoms. The fourth-order valence-electron chi connectivity index (χ4n) is 3.49. The van der Waals surface area contributed by atoms with Crippen LogP contribution in [-0.2, 0) is 4.74 Å². The quantitative estimate of drug-likeness (QED) is 0.519. The van der Waals surface area contributed by atoms with Gasteiger partial charge in [-0.1, -0.05) is 0 Å². The molecule has 0 radical (unpaired) electrons. The Morgan fingerprint density at radius 1 is 1.13 bits per heavy atom. The zero-order valence-electron chi connectivity index (χ0n) is 16.9. The van der Waals surface area contributed by atoms with Crippen LogP contribution in [0.1, 0.15) is 16.1 Å². The van der Waals surface area contributed by atoms with E-state index in [-0.39, 0.29) is 11.6 Å². The number of nitrogens with one attached hydrogen (secondary N) is 2. The Labute approximate surface area is 177 Å². The number of amides is 1. The predicted octanol–water partition coefficient (Wildman–Crippen LogP) is 2.21. The predicted molar refractivity (Wildman–Crippen MR) is 115 cm³/mol. The highest BCUT2D eigenvalue weighted by Gasteiger charge is 2.18. The van der Waals surface area contributed by atoms with Crippen molar-refractivity contribution >= 4 is 28.4 Å². The summed E-state index contributed by atoms with van der Waals surface area (Å²) in [5.74, 6) is 0.556. The smallest absolute Gasteiger partial charge is 0.276 e. The Bertz CT molecular complexity index is 1230. The number of fused-ring (bicyclic) bond motifs is 1. The van der Waals surface area contributed by atoms with Gasteiger partial charge in [0, 0.05) is 13.1 Å². The number of carbonyl (C=O) groups is 1. The molecule has 10 nitrogen and oxygen atoms in total. The molecule has 0 atom stereocenters. The second-order valence-electron chi connectivity index (χ2n) is 7.25. The average molecular weight is 416 g/mol. The average Bonchev–Trinajstić information content (AvgIpc) is 3.24. The number of hydrogen-bond acceptors (Lipinski definition) is 8. The highest BCUT2D eigenvalue weighted by Crippen LogP contribution is 2.28. The summed E-state index contributed by atoms with van der Waals surface area (Å²) in [5, 5.41) is 11.4. The monoisotopic (exact) mass is 416 g/mol. The number of rotatable bonds is 4. The highest BCUT2D eigenvalue weighted by atomic mass is 16.5. The fourth-order valence-corrected chi connectivity index (χ4v) is 3.49. The second-order valence-corrected chi connectivity index (χ2v) is 7.25. The van der Waals surface area contributed by atoms with Crippen molar-refractivity contribution in [2.45, 2.75) is 6.92 Å². The van der Waals surface area contributed by atoms with Crippen LogP contribution in [0.5, 0.6) is 0 Å². The zero-order valence-corrected chi connectivity index (χ0v) is 16.9. The molecule has 1 aliphatic rings. The molecule has 0 aromatic carbocycles. The molecule has 156 valence electrons. The van der Waals surface area contributed by atoms with Crippen LogP contribution < -0.4 is 10.2 Å². The first-order chi connectivity index (χ1) is 15.2. The molecular weight excluding hydrogens is 396 g/mol. The molecule has 5 rings (SSSR count). The van der Waals surface area contributed by atoms with Crippen molar-refractivity contribution < 1.29 is 9.53 Å². The number of pyridine rings is 1. The van der Waals surface area contributed by atoms with Gasteiger partial charge >= 0.3 is 0 Å². The van der Waals surface area contributed by atoms with Crippen molar-refractivity contribution in [2.24, 2.45) is 0 Å². The highest BCUT2D eigenvalue weighted by molar-refractivity contribution is 6.02. The topological polar surface area (TPSA) is 122 Å². The SMILES string of the molecule is Cc1cnnc(C(=O)Nc2ccc(-c3cc4c(N5CCOCC5)ncnc4[nH]3)nc2)c1. The van der Waals surface area contributed by atoms with E-state index >= 15 is 0 Å². The molecule has 1 fully saturated rings. The van der Waals surface area contributed by atoms with Gasteiger partial charge in [-0.05, 0) is 36.8 Å². The van der Waals surface area contributed by atoms with E-state index in [0.717, 1.165) is 46.9 Å². The van der Waals surface area contributed by atoms with E-state index in [9.17, 15) is 4.79 Å². The maximum Gasteiger partial charge on any atom is 0.276 e. The summed E-state index contributed by atoms with van der Waals surface area (Å²) in [7, 11) is 0. The first-order valence-electron chi connectivity index (χ1n) is 9.91. The van der Waals surface area contributed by atoms with E-state index in [4.69, 9.17) is 4.74 Å². The lowest BCUT2D eigenvalue weighted by atomic mass is 10.2. The van der Waals surface area contributed by atoms with Crippen molar-refractivity contribution in [2.75, 3.05) is 36.5 Å². The summed E-state index contributed by atoms with van der Waals surface area (Å²) >= 11 is 0. The van der Waals surface area contributed by atoms with Gasteiger partial charge in [0.2, 0.25) is 0 Å². The van der Waals surface area contributed by atoms with Gasteiger partial charge in [0.15, 0.2) is 5.69 Å². The van der Waals surface area contributed by atoms with Gasteiger partial charge in [0.05, 0.1) is 48.1 Å². The van der Waals surface area contributed by atoms with Crippen LogP contribution in [-0.4, -0.2) is 62.3 Å². The standard InChI is InChI=1S/C21H20N8O2/c1-13-8-18(28-25-10-13)21(30)26-14-2-3-16(22-11-14)17-9-15-19(27-17)23-12-24-20(15)29-4-6-31-7-5-29/h2-3,8-12H,4-7H2,1H3,(H,26,30)(H,23,24,27). The molecule has 0 unspecified atom stereocenters. The number of carbonyl (C=O) groups excluding carboxylic acids is 1. The van der Waals surface area contributed by atoms with Gasteiger partial charge in [-0.15, -0.1) is 5.10 Å². The third kappa shape index (κ3) is 3.92. The third-order valence-corrected chi connectivity index (χ3v) is 5.04. The van der Waals surface area contributed by atoms with E-state index in [1.165, 1.54) is 0 Å². The maximum atomic E-state index is 12.4. The normalized spacial score (nSPS) is 14.0. The van der Waals surface area contributed by atoms with Crippen molar-refractivity contribution in [3.63, 3.8) is 0 Å². The first-order valence-corrected chi connectivity index (χ1v) is 9.91. The van der Waals surface area contributed by atoms with Crippen molar-refractivity contribution in [1.82, 2.24) is 30.1 Å². The Morgan fingerprint density at radius 3 is 2.77 bits per heavy atom. The number of hydrogen-bond donors (Lipinski definition) is 2. The number of morpholine rings is 1. The van der Waals surface area contributed by atoms with Gasteiger partial charge in [0.25, 0.3) is 5.91 Å². The molecular formula is C21H20N8O2. The van der Waals surface area contributed by atoms with E-state index < -0.39 is 0 Å². The molecule has 1 saturated heterocycles. The molecule has 31 heavy (non-hydrogen) atoms. The summed E-state index contributed by atoms with van der Waals surface area (Å²) in [6.07, 6.45) is 4.77. The lowest BCUT2D eigenvalue weighted by molar-refractivity contribution is 0.102. The number of nitrogens with zero attached hydrogens (tertiary/aromatic N) is 6. The zero-order chi connectivity index (χ0) is 21.2. The van der Waals surface area contributed by atoms with E-state index in [1.54, 1.807) is 30.9 Å². The Morgan fingerprint density at radius 2 is 2.00 bits per heavy atom. The molecule has 5 heterocycles. The third-order valence-electron chi connectivity index (χ3n) is 5.04. The van der Waals surface area contributed by atoms with E-state index in [2.05, 4.69) is 40.3 Å². The lowest BCUT2D eigenvalue weighted by Gasteiger charge is -2.27. The fraction of sp³-hybridized carbons (Fsp3) is 0.238. The Balaban J connectivity index is 1.37. The second kappa shape index (κ2) is 8.07. The Hall–Kier alpha value is -3.92. The molecule has 4 aromatic rings. The molecule has 10 heteroatoms. The molecule has 1 amide bonds. The Kier molecular flexibility index (Phi) is 4.97. The summed E-state index contributed by atoms with van der Waals surface area (Å²) < 4.78 is 5.44. The van der Waals surface area contributed by atoms with Crippen LogP contribution in [0.15, 0.2) is 43.0 Å². The molecule has 1 aliphatic heterocycles. The van der Waals surface area contributed by atoms with E-state index in [0.29, 0.717) is 18.9 Å². The number of ether oxygens (including phenoxy) is 1. The summed E-state index contributed by atoms with van der Waals surface area (Å²) in [5.41, 5.74) is 4.01. The summed E-state index contributed by atoms with van der Waals surface area (Å²) in [6, 6.07) is 7.32. The van der Waals surface area contributed by atoms with Crippen molar-refractivity contribution in [3.05, 3.63) is 54.2 Å². The minimum atomic E-state index is -0.332. The number of anilines is 2. The molecule has 0 saturated carbocycles. The first kappa shape index (κ1) is 19.1. The summed E-state index contributed by atoms with van der Waals surface area (Å²) in [4.78, 5) is 31.2. The molecule has 2 N–H and O–H groups in total. The van der Waals surface area contributed by atoms with Crippen molar-refractivity contribution in [3.8, 4) is 11.4 Å². The van der Waals surface area contributed by atoms with Crippen LogP contribution in [0.3, 0.4) is 0 Å².